The molecule has 1 saturated heterocycles. The number of hydrogen-bond acceptors (Lipinski definition) is 3. The maximum Gasteiger partial charge on any atom is 0.325 e. The zero-order chi connectivity index (χ0) is 21.5. The van der Waals surface area contributed by atoms with Crippen molar-refractivity contribution in [3.8, 4) is 0 Å². The Morgan fingerprint density at radius 1 is 1.17 bits per heavy atom. The van der Waals surface area contributed by atoms with Crippen LogP contribution in [0.3, 0.4) is 0 Å². The summed E-state index contributed by atoms with van der Waals surface area (Å²) >= 11 is 12.3. The number of carbonyl (C=O) groups is 3. The van der Waals surface area contributed by atoms with Crippen molar-refractivity contribution in [2.45, 2.75) is 26.3 Å². The third-order valence-corrected chi connectivity index (χ3v) is 5.35. The van der Waals surface area contributed by atoms with E-state index in [1.807, 2.05) is 13.0 Å². The number of amides is 4. The largest absolute Gasteiger partial charge is 0.325 e. The third kappa shape index (κ3) is 3.93. The number of halogens is 3. The molecule has 0 bridgehead atoms. The fourth-order valence-electron chi connectivity index (χ4n) is 3.31. The summed E-state index contributed by atoms with van der Waals surface area (Å²) in [5, 5.41) is 5.52. The molecular weight excluding hydrogens is 420 g/mol. The molecule has 1 heterocycles. The summed E-state index contributed by atoms with van der Waals surface area (Å²) in [6.45, 7) is 4.60. The number of nitrogens with one attached hydrogen (secondary N) is 2. The highest BCUT2D eigenvalue weighted by Gasteiger charge is 2.50. The van der Waals surface area contributed by atoms with Crippen LogP contribution in [0.1, 0.15) is 23.6 Å². The van der Waals surface area contributed by atoms with Gasteiger partial charge in [-0.15, -0.1) is 0 Å². The first-order valence-electron chi connectivity index (χ1n) is 8.69. The van der Waals surface area contributed by atoms with Gasteiger partial charge in [-0.2, -0.15) is 0 Å². The number of imide groups is 1. The van der Waals surface area contributed by atoms with Crippen molar-refractivity contribution < 1.29 is 18.8 Å². The molecule has 3 rings (SSSR count). The van der Waals surface area contributed by atoms with Crippen molar-refractivity contribution in [2.75, 3.05) is 11.9 Å². The molecule has 29 heavy (non-hydrogen) atoms. The summed E-state index contributed by atoms with van der Waals surface area (Å²) in [6, 6.07) is 6.32. The Morgan fingerprint density at radius 3 is 2.48 bits per heavy atom. The fraction of sp³-hybridized carbons (Fsp3) is 0.250. The van der Waals surface area contributed by atoms with Crippen molar-refractivity contribution >= 4 is 46.7 Å². The Bertz CT molecular complexity index is 1020. The van der Waals surface area contributed by atoms with Gasteiger partial charge in [-0.25, -0.2) is 9.18 Å². The lowest BCUT2D eigenvalue weighted by Crippen LogP contribution is -2.42. The molecule has 2 aromatic rings. The minimum atomic E-state index is -1.51. The number of nitrogens with zero attached hydrogens (tertiary/aromatic N) is 1. The van der Waals surface area contributed by atoms with Gasteiger partial charge in [0.05, 0.1) is 10.7 Å². The zero-order valence-corrected chi connectivity index (χ0v) is 17.4. The van der Waals surface area contributed by atoms with E-state index < -0.39 is 35.7 Å². The Labute approximate surface area is 177 Å². The van der Waals surface area contributed by atoms with Crippen LogP contribution in [0.5, 0.6) is 0 Å². The van der Waals surface area contributed by atoms with Crippen LogP contribution in [-0.4, -0.2) is 29.3 Å². The van der Waals surface area contributed by atoms with Crippen molar-refractivity contribution in [2.24, 2.45) is 0 Å². The molecule has 0 saturated carbocycles. The molecule has 0 aliphatic carbocycles. The van der Waals surface area contributed by atoms with Gasteiger partial charge in [-0.05, 0) is 50.1 Å². The van der Waals surface area contributed by atoms with Gasteiger partial charge in [0.1, 0.15) is 17.9 Å². The predicted molar refractivity (Wildman–Crippen MR) is 109 cm³/mol. The summed E-state index contributed by atoms with van der Waals surface area (Å²) in [4.78, 5) is 38.6. The normalized spacial score (nSPS) is 18.8. The molecule has 0 aromatic heterocycles. The van der Waals surface area contributed by atoms with Gasteiger partial charge in [-0.1, -0.05) is 35.3 Å². The average Bonchev–Trinajstić information content (AvgIpc) is 2.82. The quantitative estimate of drug-likeness (QED) is 0.704. The van der Waals surface area contributed by atoms with E-state index in [0.29, 0.717) is 10.7 Å². The summed E-state index contributed by atoms with van der Waals surface area (Å²) in [6.07, 6.45) is 0. The molecule has 4 amide bonds. The van der Waals surface area contributed by atoms with Crippen LogP contribution < -0.4 is 10.6 Å². The van der Waals surface area contributed by atoms with E-state index in [4.69, 9.17) is 23.2 Å². The van der Waals surface area contributed by atoms with E-state index in [9.17, 15) is 18.8 Å². The minimum Gasteiger partial charge on any atom is -0.323 e. The van der Waals surface area contributed by atoms with Crippen LogP contribution in [0.4, 0.5) is 14.9 Å². The van der Waals surface area contributed by atoms with Crippen molar-refractivity contribution in [1.29, 1.82) is 0 Å². The maximum absolute atomic E-state index is 13.3. The lowest BCUT2D eigenvalue weighted by molar-refractivity contribution is -0.133. The van der Waals surface area contributed by atoms with E-state index in [1.54, 1.807) is 13.0 Å². The minimum absolute atomic E-state index is 0.00508. The molecule has 1 aliphatic rings. The van der Waals surface area contributed by atoms with Gasteiger partial charge < -0.3 is 10.6 Å². The van der Waals surface area contributed by atoms with Crippen LogP contribution in [-0.2, 0) is 15.1 Å². The smallest absolute Gasteiger partial charge is 0.323 e. The Kier molecular flexibility index (Phi) is 5.56. The molecular formula is C20H18Cl2FN3O3. The van der Waals surface area contributed by atoms with Crippen molar-refractivity contribution in [1.82, 2.24) is 10.2 Å². The van der Waals surface area contributed by atoms with Crippen LogP contribution in [0, 0.1) is 19.7 Å². The standard InChI is InChI=1S/C20H18Cl2FN3O3/c1-10-6-11(2)17(15(22)7-10)24-16(27)9-26-18(28)20(3,25-19(26)29)13-5-4-12(23)8-14(13)21/h4-8H,9H2,1-3H3,(H,24,27)(H,25,29). The Balaban J connectivity index is 1.81. The summed E-state index contributed by atoms with van der Waals surface area (Å²) < 4.78 is 13.3. The number of anilines is 1. The Morgan fingerprint density at radius 2 is 1.86 bits per heavy atom. The van der Waals surface area contributed by atoms with E-state index in [-0.39, 0.29) is 10.6 Å². The topological polar surface area (TPSA) is 78.5 Å². The third-order valence-electron chi connectivity index (χ3n) is 4.74. The molecule has 2 aromatic carbocycles. The van der Waals surface area contributed by atoms with Crippen LogP contribution in [0.2, 0.25) is 10.0 Å². The molecule has 9 heteroatoms. The van der Waals surface area contributed by atoms with E-state index >= 15 is 0 Å². The monoisotopic (exact) mass is 437 g/mol. The van der Waals surface area contributed by atoms with Gasteiger partial charge in [0.2, 0.25) is 5.91 Å². The molecule has 6 nitrogen and oxygen atoms in total. The number of benzene rings is 2. The summed E-state index contributed by atoms with van der Waals surface area (Å²) in [7, 11) is 0. The number of hydrogen-bond donors (Lipinski definition) is 2. The molecule has 1 aliphatic heterocycles. The molecule has 0 spiro atoms. The molecule has 1 atom stereocenters. The van der Waals surface area contributed by atoms with Gasteiger partial charge in [0.25, 0.3) is 5.91 Å². The first kappa shape index (κ1) is 21.1. The van der Waals surface area contributed by atoms with Crippen molar-refractivity contribution in [3.63, 3.8) is 0 Å². The highest BCUT2D eigenvalue weighted by Crippen LogP contribution is 2.34. The average molecular weight is 438 g/mol. The molecule has 2 N–H and O–H groups in total. The SMILES string of the molecule is Cc1cc(C)c(NC(=O)CN2C(=O)NC(C)(c3ccc(F)cc3Cl)C2=O)c(Cl)c1. The molecule has 1 fully saturated rings. The van der Waals surface area contributed by atoms with Gasteiger partial charge in [0, 0.05) is 10.6 Å². The van der Waals surface area contributed by atoms with E-state index in [1.165, 1.54) is 13.0 Å². The molecule has 1 unspecified atom stereocenters. The Hall–Kier alpha value is -2.64. The first-order chi connectivity index (χ1) is 13.5. The zero-order valence-electron chi connectivity index (χ0n) is 15.9. The second-order valence-corrected chi connectivity index (χ2v) is 7.87. The maximum atomic E-state index is 13.3. The van der Waals surface area contributed by atoms with Gasteiger partial charge in [0.15, 0.2) is 0 Å². The highest BCUT2D eigenvalue weighted by atomic mass is 35.5. The summed E-state index contributed by atoms with van der Waals surface area (Å²) in [5.41, 5.74) is 0.826. The predicted octanol–water partition coefficient (Wildman–Crippen LogP) is 4.16. The van der Waals surface area contributed by atoms with Gasteiger partial charge in [-0.3, -0.25) is 14.5 Å². The number of aryl methyl sites for hydroxylation is 2. The second kappa shape index (κ2) is 7.65. The second-order valence-electron chi connectivity index (χ2n) is 7.06. The fourth-order valence-corrected chi connectivity index (χ4v) is 4.04. The van der Waals surface area contributed by atoms with Crippen LogP contribution in [0.15, 0.2) is 30.3 Å². The lowest BCUT2D eigenvalue weighted by atomic mass is 9.92. The molecule has 0 radical (unpaired) electrons. The van der Waals surface area contributed by atoms with Gasteiger partial charge >= 0.3 is 6.03 Å². The lowest BCUT2D eigenvalue weighted by Gasteiger charge is -2.23. The number of carbonyl (C=O) groups excluding carboxylic acids is 3. The summed E-state index contributed by atoms with van der Waals surface area (Å²) in [5.74, 6) is -1.82. The van der Waals surface area contributed by atoms with Crippen LogP contribution >= 0.6 is 23.2 Å². The van der Waals surface area contributed by atoms with Crippen LogP contribution in [0.25, 0.3) is 0 Å². The van der Waals surface area contributed by atoms with E-state index in [0.717, 1.165) is 28.2 Å². The van der Waals surface area contributed by atoms with E-state index in [2.05, 4.69) is 10.6 Å². The van der Waals surface area contributed by atoms with Crippen molar-refractivity contribution in [3.05, 3.63) is 62.9 Å². The highest BCUT2D eigenvalue weighted by molar-refractivity contribution is 6.34. The first-order valence-corrected chi connectivity index (χ1v) is 9.44. The number of urea groups is 1. The molecule has 152 valence electrons. The number of rotatable bonds is 4.